The smallest absolute Gasteiger partial charge is 0.338 e. The number of benzene rings is 1. The topological polar surface area (TPSA) is 115 Å². The lowest BCUT2D eigenvalue weighted by molar-refractivity contribution is -0.133. The second kappa shape index (κ2) is 10.1. The van der Waals surface area contributed by atoms with Gasteiger partial charge in [-0.05, 0) is 32.0 Å². The maximum atomic E-state index is 12.2. The van der Waals surface area contributed by atoms with Gasteiger partial charge in [-0.3, -0.25) is 4.79 Å². The maximum absolute atomic E-state index is 12.2. The van der Waals surface area contributed by atoms with Gasteiger partial charge < -0.3 is 23.6 Å². The van der Waals surface area contributed by atoms with Crippen molar-refractivity contribution in [2.75, 3.05) is 27.3 Å². The average Bonchev–Trinajstić information content (AvgIpc) is 3.05. The molecule has 9 nitrogen and oxygen atoms in total. The molecule has 0 aliphatic heterocycles. The molecule has 0 spiro atoms. The van der Waals surface area contributed by atoms with E-state index >= 15 is 0 Å². The fraction of sp³-hybridized carbons (Fsp3) is 0.400. The molecular weight excluding hydrogens is 378 g/mol. The molecule has 0 N–H and O–H groups in total. The van der Waals surface area contributed by atoms with Crippen molar-refractivity contribution in [3.8, 4) is 17.6 Å². The molecule has 0 saturated heterocycles. The summed E-state index contributed by atoms with van der Waals surface area (Å²) in [4.78, 5) is 25.5. The molecule has 0 saturated carbocycles. The van der Waals surface area contributed by atoms with Crippen LogP contribution in [0.2, 0.25) is 0 Å². The average molecular weight is 401 g/mol. The molecule has 0 fully saturated rings. The Kier molecular flexibility index (Phi) is 7.60. The minimum atomic E-state index is -0.664. The number of nitriles is 1. The van der Waals surface area contributed by atoms with E-state index < -0.39 is 12.6 Å². The van der Waals surface area contributed by atoms with Crippen molar-refractivity contribution in [3.63, 3.8) is 0 Å². The molecule has 0 radical (unpaired) electrons. The fourth-order valence-electron chi connectivity index (χ4n) is 2.43. The molecule has 1 aromatic carbocycles. The Balaban J connectivity index is 1.99. The summed E-state index contributed by atoms with van der Waals surface area (Å²) in [5.41, 5.74) is 1.81. The van der Waals surface area contributed by atoms with E-state index in [0.717, 1.165) is 11.3 Å². The Morgan fingerprint density at radius 2 is 2.03 bits per heavy atom. The van der Waals surface area contributed by atoms with Gasteiger partial charge in [0.25, 0.3) is 5.91 Å². The summed E-state index contributed by atoms with van der Waals surface area (Å²) in [5, 5.41) is 12.4. The quantitative estimate of drug-likeness (QED) is 0.588. The van der Waals surface area contributed by atoms with Gasteiger partial charge in [-0.15, -0.1) is 0 Å². The molecular formula is C20H23N3O6. The highest BCUT2D eigenvalue weighted by Gasteiger charge is 2.17. The number of esters is 1. The highest BCUT2D eigenvalue weighted by molar-refractivity contribution is 5.92. The number of aromatic nitrogens is 1. The van der Waals surface area contributed by atoms with Gasteiger partial charge in [0.2, 0.25) is 0 Å². The summed E-state index contributed by atoms with van der Waals surface area (Å²) in [6, 6.07) is 6.55. The van der Waals surface area contributed by atoms with E-state index in [9.17, 15) is 9.59 Å². The van der Waals surface area contributed by atoms with E-state index in [1.54, 1.807) is 20.0 Å². The van der Waals surface area contributed by atoms with Gasteiger partial charge in [-0.25, -0.2) is 4.79 Å². The Morgan fingerprint density at radius 1 is 1.28 bits per heavy atom. The molecule has 0 bridgehead atoms. The predicted octanol–water partition coefficient (Wildman–Crippen LogP) is 2.41. The molecule has 29 heavy (non-hydrogen) atoms. The van der Waals surface area contributed by atoms with Crippen molar-refractivity contribution in [3.05, 3.63) is 40.8 Å². The molecule has 0 atom stereocenters. The molecule has 2 rings (SSSR count). The second-order valence-electron chi connectivity index (χ2n) is 6.26. The fourth-order valence-corrected chi connectivity index (χ4v) is 2.43. The zero-order valence-electron chi connectivity index (χ0n) is 16.9. The van der Waals surface area contributed by atoms with Crippen molar-refractivity contribution in [1.82, 2.24) is 10.1 Å². The van der Waals surface area contributed by atoms with E-state index in [4.69, 9.17) is 24.0 Å². The minimum absolute atomic E-state index is 0.211. The Morgan fingerprint density at radius 3 is 2.66 bits per heavy atom. The van der Waals surface area contributed by atoms with Crippen molar-refractivity contribution in [1.29, 1.82) is 5.26 Å². The van der Waals surface area contributed by atoms with Crippen LogP contribution in [-0.2, 0) is 16.1 Å². The lowest BCUT2D eigenvalue weighted by atomic mass is 10.2. The molecule has 1 amide bonds. The molecule has 0 aliphatic rings. The highest BCUT2D eigenvalue weighted by Crippen LogP contribution is 2.29. The summed E-state index contributed by atoms with van der Waals surface area (Å²) < 4.78 is 21.2. The SMILES string of the molecule is COc1cc(C(=O)OCC(=O)N(C)CCC#N)ccc1OCc1c(C)noc1C. The van der Waals surface area contributed by atoms with Crippen molar-refractivity contribution < 1.29 is 28.3 Å². The van der Waals surface area contributed by atoms with Crippen LogP contribution in [0.4, 0.5) is 0 Å². The Bertz CT molecular complexity index is 896. The highest BCUT2D eigenvalue weighted by atomic mass is 16.5. The summed E-state index contributed by atoms with van der Waals surface area (Å²) in [6.07, 6.45) is 0.211. The largest absolute Gasteiger partial charge is 0.493 e. The van der Waals surface area contributed by atoms with Gasteiger partial charge in [0.05, 0.1) is 36.4 Å². The molecule has 9 heteroatoms. The van der Waals surface area contributed by atoms with Gasteiger partial charge in [-0.2, -0.15) is 5.26 Å². The number of hydrogen-bond donors (Lipinski definition) is 0. The number of ether oxygens (including phenoxy) is 3. The molecule has 1 aromatic heterocycles. The maximum Gasteiger partial charge on any atom is 0.338 e. The molecule has 2 aromatic rings. The third-order valence-electron chi connectivity index (χ3n) is 4.26. The van der Waals surface area contributed by atoms with Crippen LogP contribution in [0.1, 0.15) is 33.8 Å². The van der Waals surface area contributed by atoms with E-state index in [2.05, 4.69) is 5.16 Å². The first-order valence-electron chi connectivity index (χ1n) is 8.88. The summed E-state index contributed by atoms with van der Waals surface area (Å²) in [5.74, 6) is 0.411. The molecule has 0 aliphatic carbocycles. The third-order valence-corrected chi connectivity index (χ3v) is 4.26. The lowest BCUT2D eigenvalue weighted by Crippen LogP contribution is -2.31. The standard InChI is InChI=1S/C20H23N3O6/c1-13-16(14(2)29-22-13)11-27-17-7-6-15(10-18(17)26-4)20(25)28-12-19(24)23(3)9-5-8-21/h6-7,10H,5,9,11-12H2,1-4H3. The summed E-state index contributed by atoms with van der Waals surface area (Å²) in [7, 11) is 3.00. The molecule has 0 unspecified atom stereocenters. The van der Waals surface area contributed by atoms with E-state index in [1.165, 1.54) is 24.1 Å². The number of aryl methyl sites for hydroxylation is 2. The van der Waals surface area contributed by atoms with E-state index in [-0.39, 0.29) is 31.0 Å². The monoisotopic (exact) mass is 401 g/mol. The Hall–Kier alpha value is -3.54. The van der Waals surface area contributed by atoms with Crippen molar-refractivity contribution >= 4 is 11.9 Å². The first-order chi connectivity index (χ1) is 13.9. The van der Waals surface area contributed by atoms with Crippen LogP contribution in [-0.4, -0.2) is 49.2 Å². The molecule has 1 heterocycles. The zero-order chi connectivity index (χ0) is 21.4. The van der Waals surface area contributed by atoms with Crippen LogP contribution in [0.3, 0.4) is 0 Å². The number of rotatable bonds is 9. The van der Waals surface area contributed by atoms with Gasteiger partial charge in [0.1, 0.15) is 12.4 Å². The Labute approximate surface area is 168 Å². The van der Waals surface area contributed by atoms with Gasteiger partial charge >= 0.3 is 5.97 Å². The van der Waals surface area contributed by atoms with Crippen LogP contribution >= 0.6 is 0 Å². The zero-order valence-corrected chi connectivity index (χ0v) is 16.9. The van der Waals surface area contributed by atoms with Crippen molar-refractivity contribution in [2.24, 2.45) is 0 Å². The summed E-state index contributed by atoms with van der Waals surface area (Å²) >= 11 is 0. The van der Waals surface area contributed by atoms with Crippen LogP contribution < -0.4 is 9.47 Å². The number of carbonyl (C=O) groups is 2. The first-order valence-corrected chi connectivity index (χ1v) is 8.88. The van der Waals surface area contributed by atoms with Crippen LogP contribution in [0.15, 0.2) is 22.7 Å². The number of hydrogen-bond acceptors (Lipinski definition) is 8. The number of nitrogens with zero attached hydrogens (tertiary/aromatic N) is 3. The summed E-state index contributed by atoms with van der Waals surface area (Å²) in [6.45, 7) is 3.73. The van der Waals surface area contributed by atoms with Crippen LogP contribution in [0.25, 0.3) is 0 Å². The van der Waals surface area contributed by atoms with Crippen LogP contribution in [0, 0.1) is 25.2 Å². The van der Waals surface area contributed by atoms with Gasteiger partial charge in [-0.1, -0.05) is 5.16 Å². The number of methoxy groups -OCH3 is 1. The minimum Gasteiger partial charge on any atom is -0.493 e. The first kappa shape index (κ1) is 21.8. The number of likely N-dealkylation sites (N-methyl/N-ethyl adjacent to an activating group) is 1. The lowest BCUT2D eigenvalue weighted by Gasteiger charge is -2.15. The van der Waals surface area contributed by atoms with E-state index in [0.29, 0.717) is 17.3 Å². The number of carbonyl (C=O) groups excluding carboxylic acids is 2. The number of amides is 1. The predicted molar refractivity (Wildman–Crippen MR) is 101 cm³/mol. The van der Waals surface area contributed by atoms with Crippen molar-refractivity contribution in [2.45, 2.75) is 26.9 Å². The van der Waals surface area contributed by atoms with Gasteiger partial charge in [0.15, 0.2) is 18.1 Å². The molecule has 154 valence electrons. The van der Waals surface area contributed by atoms with Crippen LogP contribution in [0.5, 0.6) is 11.5 Å². The van der Waals surface area contributed by atoms with Gasteiger partial charge in [0, 0.05) is 13.6 Å². The normalized spacial score (nSPS) is 10.2. The van der Waals surface area contributed by atoms with E-state index in [1.807, 2.05) is 13.0 Å². The second-order valence-corrected chi connectivity index (χ2v) is 6.26. The third kappa shape index (κ3) is 5.72.